The van der Waals surface area contributed by atoms with Crippen molar-refractivity contribution in [3.8, 4) is 0 Å². The summed E-state index contributed by atoms with van der Waals surface area (Å²) in [6.45, 7) is 10.8. The lowest BCUT2D eigenvalue weighted by molar-refractivity contribution is -0.137. The summed E-state index contributed by atoms with van der Waals surface area (Å²) in [5, 5.41) is 0.0278. The zero-order chi connectivity index (χ0) is 21.9. The van der Waals surface area contributed by atoms with Crippen LogP contribution in [0.15, 0.2) is 36.4 Å². The predicted octanol–water partition coefficient (Wildman–Crippen LogP) is 6.95. The highest BCUT2D eigenvalue weighted by Gasteiger charge is 2.39. The first kappa shape index (κ1) is 23.9. The van der Waals surface area contributed by atoms with Gasteiger partial charge in [0.15, 0.2) is 8.32 Å². The number of halogens is 3. The number of allylic oxidation sites excluding steroid dienone is 1. The molecule has 1 saturated carbocycles. The number of carbonyl (C=O) groups is 1. The van der Waals surface area contributed by atoms with Gasteiger partial charge in [0.2, 0.25) is 0 Å². The molecule has 2 atom stereocenters. The van der Waals surface area contributed by atoms with E-state index < -0.39 is 20.1 Å². The smallest absolute Gasteiger partial charge is 0.410 e. The molecule has 0 saturated heterocycles. The summed E-state index contributed by atoms with van der Waals surface area (Å²) in [6.07, 6.45) is 3.23. The molecule has 1 aliphatic rings. The first-order valence-corrected chi connectivity index (χ1v) is 13.2. The molecule has 2 nitrogen and oxygen atoms in total. The van der Waals surface area contributed by atoms with Crippen LogP contribution >= 0.6 is 0 Å². The number of benzene rings is 1. The van der Waals surface area contributed by atoms with Crippen LogP contribution in [0.1, 0.15) is 57.6 Å². The first-order valence-electron chi connectivity index (χ1n) is 10.3. The third kappa shape index (κ3) is 7.10. The van der Waals surface area contributed by atoms with Gasteiger partial charge in [-0.15, -0.1) is 0 Å². The number of hydrogen-bond donors (Lipinski definition) is 0. The number of ketones is 1. The number of Topliss-reactive ketones (excluding diaryl/α,β-unsaturated/α-hetero) is 1. The summed E-state index contributed by atoms with van der Waals surface area (Å²) < 4.78 is 45.1. The minimum absolute atomic E-state index is 0.0278. The monoisotopic (exact) mass is 426 g/mol. The van der Waals surface area contributed by atoms with Gasteiger partial charge in [-0.25, -0.2) is 0 Å². The standard InChI is InChI=1S/C23H33F3O2Si/c1-22(2,3)29(4,5)28-21(14-11-17-7-6-8-20(27)15-17)16-18-9-12-19(13-10-18)23(24,25)26/h9-14,17,21H,6-8,15-16H2,1-5H3/b14-11+. The van der Waals surface area contributed by atoms with Crippen LogP contribution in [-0.4, -0.2) is 20.2 Å². The lowest BCUT2D eigenvalue weighted by atomic mass is 9.88. The Morgan fingerprint density at radius 3 is 2.31 bits per heavy atom. The molecule has 1 aromatic carbocycles. The van der Waals surface area contributed by atoms with E-state index in [9.17, 15) is 18.0 Å². The van der Waals surface area contributed by atoms with Crippen molar-refractivity contribution in [2.24, 2.45) is 5.92 Å². The van der Waals surface area contributed by atoms with E-state index in [0.29, 0.717) is 25.0 Å². The normalized spacial score (nSPS) is 20.3. The van der Waals surface area contributed by atoms with Gasteiger partial charge in [-0.05, 0) is 54.6 Å². The predicted molar refractivity (Wildman–Crippen MR) is 113 cm³/mol. The lowest BCUT2D eigenvalue weighted by Gasteiger charge is -2.39. The largest absolute Gasteiger partial charge is 0.416 e. The minimum Gasteiger partial charge on any atom is -0.410 e. The van der Waals surface area contributed by atoms with Crippen molar-refractivity contribution in [2.45, 2.75) is 83.3 Å². The van der Waals surface area contributed by atoms with Crippen LogP contribution in [-0.2, 0) is 21.8 Å². The zero-order valence-electron chi connectivity index (χ0n) is 18.1. The van der Waals surface area contributed by atoms with Gasteiger partial charge in [-0.2, -0.15) is 13.2 Å². The van der Waals surface area contributed by atoms with Crippen molar-refractivity contribution in [3.05, 3.63) is 47.5 Å². The maximum absolute atomic E-state index is 12.8. The van der Waals surface area contributed by atoms with E-state index in [-0.39, 0.29) is 17.1 Å². The van der Waals surface area contributed by atoms with E-state index in [2.05, 4.69) is 39.9 Å². The first-order chi connectivity index (χ1) is 13.3. The molecule has 1 aromatic rings. The topological polar surface area (TPSA) is 26.3 Å². The molecule has 1 fully saturated rings. The highest BCUT2D eigenvalue weighted by Crippen LogP contribution is 2.38. The molecule has 1 aliphatic carbocycles. The van der Waals surface area contributed by atoms with Crippen LogP contribution in [0.25, 0.3) is 0 Å². The third-order valence-corrected chi connectivity index (χ3v) is 10.6. The molecule has 0 aliphatic heterocycles. The van der Waals surface area contributed by atoms with Crippen molar-refractivity contribution in [1.29, 1.82) is 0 Å². The summed E-state index contributed by atoms with van der Waals surface area (Å²) in [6, 6.07) is 5.32. The Labute approximate surface area is 173 Å². The fraction of sp³-hybridized carbons (Fsp3) is 0.609. The van der Waals surface area contributed by atoms with E-state index in [4.69, 9.17) is 4.43 Å². The number of alkyl halides is 3. The van der Waals surface area contributed by atoms with Crippen molar-refractivity contribution in [2.75, 3.05) is 0 Å². The fourth-order valence-electron chi connectivity index (χ4n) is 3.27. The minimum atomic E-state index is -4.33. The van der Waals surface area contributed by atoms with E-state index in [1.807, 2.05) is 6.08 Å². The molecule has 0 spiro atoms. The quantitative estimate of drug-likeness (QED) is 0.363. The number of rotatable bonds is 6. The van der Waals surface area contributed by atoms with Crippen LogP contribution in [0.5, 0.6) is 0 Å². The second kappa shape index (κ2) is 9.17. The molecule has 0 N–H and O–H groups in total. The molecular formula is C23H33F3O2Si. The van der Waals surface area contributed by atoms with Gasteiger partial charge in [-0.3, -0.25) is 4.79 Å². The summed E-state index contributed by atoms with van der Waals surface area (Å²) in [7, 11) is -2.06. The maximum Gasteiger partial charge on any atom is 0.416 e. The second-order valence-corrected chi connectivity index (χ2v) is 14.4. The average molecular weight is 427 g/mol. The van der Waals surface area contributed by atoms with Crippen LogP contribution in [0.2, 0.25) is 18.1 Å². The molecule has 0 amide bonds. The third-order valence-electron chi connectivity index (χ3n) is 6.09. The molecule has 0 bridgehead atoms. The highest BCUT2D eigenvalue weighted by atomic mass is 28.4. The van der Waals surface area contributed by atoms with Crippen LogP contribution in [0, 0.1) is 5.92 Å². The van der Waals surface area contributed by atoms with E-state index in [1.54, 1.807) is 0 Å². The van der Waals surface area contributed by atoms with Gasteiger partial charge in [-0.1, -0.05) is 45.1 Å². The molecule has 29 heavy (non-hydrogen) atoms. The summed E-state index contributed by atoms with van der Waals surface area (Å²) in [5.74, 6) is 0.532. The zero-order valence-corrected chi connectivity index (χ0v) is 19.1. The molecule has 6 heteroatoms. The summed E-state index contributed by atoms with van der Waals surface area (Å²) >= 11 is 0. The van der Waals surface area contributed by atoms with Gasteiger partial charge >= 0.3 is 6.18 Å². The molecule has 2 unspecified atom stereocenters. The Bertz CT molecular complexity index is 715. The van der Waals surface area contributed by atoms with E-state index in [0.717, 1.165) is 30.5 Å². The van der Waals surface area contributed by atoms with Crippen molar-refractivity contribution >= 4 is 14.1 Å². The van der Waals surface area contributed by atoms with Crippen LogP contribution < -0.4 is 0 Å². The average Bonchev–Trinajstić information content (AvgIpc) is 2.58. The van der Waals surface area contributed by atoms with Gasteiger partial charge in [0, 0.05) is 19.3 Å². The van der Waals surface area contributed by atoms with Crippen LogP contribution in [0.3, 0.4) is 0 Å². The maximum atomic E-state index is 12.8. The number of carbonyl (C=O) groups excluding carboxylic acids is 1. The van der Waals surface area contributed by atoms with Gasteiger partial charge in [0.1, 0.15) is 5.78 Å². The Morgan fingerprint density at radius 2 is 1.79 bits per heavy atom. The number of hydrogen-bond acceptors (Lipinski definition) is 2. The second-order valence-electron chi connectivity index (χ2n) is 9.60. The van der Waals surface area contributed by atoms with Gasteiger partial charge in [0.05, 0.1) is 11.7 Å². The van der Waals surface area contributed by atoms with Gasteiger partial charge < -0.3 is 4.43 Å². The molecule has 2 rings (SSSR count). The molecule has 162 valence electrons. The van der Waals surface area contributed by atoms with Crippen LogP contribution in [0.4, 0.5) is 13.2 Å². The van der Waals surface area contributed by atoms with Gasteiger partial charge in [0.25, 0.3) is 0 Å². The summed E-state index contributed by atoms with van der Waals surface area (Å²) in [4.78, 5) is 11.7. The molecule has 0 aromatic heterocycles. The van der Waals surface area contributed by atoms with E-state index >= 15 is 0 Å². The molecular weight excluding hydrogens is 393 g/mol. The van der Waals surface area contributed by atoms with E-state index in [1.165, 1.54) is 12.1 Å². The fourth-order valence-corrected chi connectivity index (χ4v) is 4.54. The highest BCUT2D eigenvalue weighted by molar-refractivity contribution is 6.74. The van der Waals surface area contributed by atoms with Crippen molar-refractivity contribution < 1.29 is 22.4 Å². The molecule has 0 heterocycles. The SMILES string of the molecule is CC(C)(C)[Si](C)(C)OC(/C=C/C1CCCC(=O)C1)Cc1ccc(C(F)(F)F)cc1. The van der Waals surface area contributed by atoms with Crippen molar-refractivity contribution in [3.63, 3.8) is 0 Å². The Balaban J connectivity index is 2.18. The Morgan fingerprint density at radius 1 is 1.17 bits per heavy atom. The summed E-state index contributed by atoms with van der Waals surface area (Å²) in [5.41, 5.74) is 0.172. The lowest BCUT2D eigenvalue weighted by Crippen LogP contribution is -2.44. The molecule has 0 radical (unpaired) electrons. The Hall–Kier alpha value is -1.40. The van der Waals surface area contributed by atoms with Crippen molar-refractivity contribution in [1.82, 2.24) is 0 Å². The Kier molecular flexibility index (Phi) is 7.55.